The zero-order chi connectivity index (χ0) is 23.8. The number of halogens is 1. The monoisotopic (exact) mass is 456 g/mol. The van der Waals surface area contributed by atoms with Crippen molar-refractivity contribution in [2.24, 2.45) is 0 Å². The maximum absolute atomic E-state index is 13.4. The van der Waals surface area contributed by atoms with Gasteiger partial charge in [0.15, 0.2) is 5.75 Å². The van der Waals surface area contributed by atoms with E-state index < -0.39 is 5.91 Å². The van der Waals surface area contributed by atoms with E-state index >= 15 is 0 Å². The number of phenols is 1. The molecule has 2 aromatic carbocycles. The number of benzene rings is 2. The second-order valence-electron chi connectivity index (χ2n) is 8.22. The highest BCUT2D eigenvalue weighted by molar-refractivity contribution is 6.15. The Morgan fingerprint density at radius 2 is 1.94 bits per heavy atom. The van der Waals surface area contributed by atoms with Crippen molar-refractivity contribution in [3.8, 4) is 5.75 Å². The van der Waals surface area contributed by atoms with Gasteiger partial charge in [-0.05, 0) is 42.8 Å². The van der Waals surface area contributed by atoms with Crippen LogP contribution >= 0.6 is 0 Å². The molecule has 2 amide bonds. The Bertz CT molecular complexity index is 1440. The van der Waals surface area contributed by atoms with Crippen LogP contribution in [0.15, 0.2) is 60.8 Å². The van der Waals surface area contributed by atoms with Gasteiger partial charge in [0.2, 0.25) is 0 Å². The van der Waals surface area contributed by atoms with Crippen molar-refractivity contribution in [3.05, 3.63) is 100 Å². The van der Waals surface area contributed by atoms with E-state index in [9.17, 15) is 19.1 Å². The first kappa shape index (κ1) is 21.5. The average Bonchev–Trinajstić information content (AvgIpc) is 3.15. The molecule has 34 heavy (non-hydrogen) atoms. The van der Waals surface area contributed by atoms with Gasteiger partial charge in [-0.2, -0.15) is 0 Å². The molecular formula is C26H21FN4O3. The van der Waals surface area contributed by atoms with Crippen LogP contribution in [0, 0.1) is 12.7 Å². The molecule has 0 saturated carbocycles. The standard InChI is InChI=1S/C26H21FN4O3/c1-15-4-2-5-18(30-15)12-29-25(33)21-19-6-3-11-28-23(19)24(32)22-20(21)14-31(26(22)34)13-16-7-9-17(27)10-8-16/h2-11,32H,12-14H2,1H3,(H,29,33). The smallest absolute Gasteiger partial charge is 0.258 e. The Hall–Kier alpha value is -4.33. The van der Waals surface area contributed by atoms with Crippen LogP contribution in [0.3, 0.4) is 0 Å². The lowest BCUT2D eigenvalue weighted by atomic mass is 9.96. The fraction of sp³-hybridized carbons (Fsp3) is 0.154. The predicted molar refractivity (Wildman–Crippen MR) is 124 cm³/mol. The molecule has 0 unspecified atom stereocenters. The number of nitrogens with one attached hydrogen (secondary N) is 1. The highest BCUT2D eigenvalue weighted by Gasteiger charge is 2.36. The van der Waals surface area contributed by atoms with E-state index in [4.69, 9.17) is 0 Å². The van der Waals surface area contributed by atoms with Gasteiger partial charge >= 0.3 is 0 Å². The number of hydrogen-bond donors (Lipinski definition) is 2. The average molecular weight is 456 g/mol. The van der Waals surface area contributed by atoms with Gasteiger partial charge in [0, 0.05) is 35.9 Å². The van der Waals surface area contributed by atoms with Crippen LogP contribution in [0.25, 0.3) is 10.9 Å². The zero-order valence-corrected chi connectivity index (χ0v) is 18.4. The SMILES string of the molecule is Cc1cccc(CNC(=O)c2c3c(c(O)c4ncccc24)C(=O)N(Cc2ccc(F)cc2)C3)n1. The van der Waals surface area contributed by atoms with E-state index in [1.165, 1.54) is 23.2 Å². The lowest BCUT2D eigenvalue weighted by Gasteiger charge is -2.16. The molecule has 2 N–H and O–H groups in total. The lowest BCUT2D eigenvalue weighted by Crippen LogP contribution is -2.25. The van der Waals surface area contributed by atoms with Crippen LogP contribution in [0.5, 0.6) is 5.75 Å². The van der Waals surface area contributed by atoms with E-state index in [-0.39, 0.29) is 48.2 Å². The second kappa shape index (κ2) is 8.55. The molecule has 1 aliphatic heterocycles. The molecule has 4 aromatic rings. The first-order valence-corrected chi connectivity index (χ1v) is 10.8. The summed E-state index contributed by atoms with van der Waals surface area (Å²) in [5.41, 5.74) is 3.30. The highest BCUT2D eigenvalue weighted by Crippen LogP contribution is 2.39. The third-order valence-electron chi connectivity index (χ3n) is 5.88. The molecule has 0 bridgehead atoms. The molecule has 0 aliphatic carbocycles. The van der Waals surface area contributed by atoms with Gasteiger partial charge in [0.25, 0.3) is 11.8 Å². The van der Waals surface area contributed by atoms with Crippen molar-refractivity contribution in [1.29, 1.82) is 0 Å². The Morgan fingerprint density at radius 1 is 1.15 bits per heavy atom. The second-order valence-corrected chi connectivity index (χ2v) is 8.22. The molecule has 170 valence electrons. The Labute approximate surface area is 194 Å². The summed E-state index contributed by atoms with van der Waals surface area (Å²) in [6.07, 6.45) is 1.50. The Kier molecular flexibility index (Phi) is 5.41. The topological polar surface area (TPSA) is 95.4 Å². The number of hydrogen-bond acceptors (Lipinski definition) is 5. The van der Waals surface area contributed by atoms with Gasteiger partial charge in [0.05, 0.1) is 23.4 Å². The van der Waals surface area contributed by atoms with Gasteiger partial charge in [-0.3, -0.25) is 19.6 Å². The number of phenolic OH excluding ortho intramolecular Hbond substituents is 1. The van der Waals surface area contributed by atoms with E-state index in [1.54, 1.807) is 24.3 Å². The van der Waals surface area contributed by atoms with Crippen LogP contribution < -0.4 is 5.32 Å². The van der Waals surface area contributed by atoms with Crippen molar-refractivity contribution < 1.29 is 19.1 Å². The summed E-state index contributed by atoms with van der Waals surface area (Å²) in [5, 5.41) is 14.3. The minimum atomic E-state index is -0.404. The molecule has 0 fully saturated rings. The van der Waals surface area contributed by atoms with Gasteiger partial charge < -0.3 is 15.3 Å². The number of carbonyl (C=O) groups excluding carboxylic acids is 2. The molecule has 2 aromatic heterocycles. The molecule has 8 heteroatoms. The van der Waals surface area contributed by atoms with Crippen LogP contribution in [0.1, 0.15) is 43.2 Å². The summed E-state index contributed by atoms with van der Waals surface area (Å²) in [6, 6.07) is 14.8. The quantitative estimate of drug-likeness (QED) is 0.475. The molecule has 0 saturated heterocycles. The van der Waals surface area contributed by atoms with Crippen LogP contribution in [0.4, 0.5) is 4.39 Å². The van der Waals surface area contributed by atoms with Crippen molar-refractivity contribution in [1.82, 2.24) is 20.2 Å². The zero-order valence-electron chi connectivity index (χ0n) is 18.4. The number of nitrogens with zero attached hydrogens (tertiary/aromatic N) is 3. The summed E-state index contributed by atoms with van der Waals surface area (Å²) >= 11 is 0. The van der Waals surface area contributed by atoms with E-state index in [0.717, 1.165) is 11.3 Å². The van der Waals surface area contributed by atoms with Crippen LogP contribution in [-0.4, -0.2) is 31.8 Å². The van der Waals surface area contributed by atoms with E-state index in [0.29, 0.717) is 22.2 Å². The predicted octanol–water partition coefficient (Wildman–Crippen LogP) is 3.87. The molecule has 7 nitrogen and oxygen atoms in total. The minimum Gasteiger partial charge on any atom is -0.505 e. The lowest BCUT2D eigenvalue weighted by molar-refractivity contribution is 0.0763. The van der Waals surface area contributed by atoms with Crippen molar-refractivity contribution in [2.45, 2.75) is 26.6 Å². The van der Waals surface area contributed by atoms with Crippen LogP contribution in [-0.2, 0) is 19.6 Å². The number of pyridine rings is 2. The van der Waals surface area contributed by atoms with E-state index in [2.05, 4.69) is 15.3 Å². The first-order chi connectivity index (χ1) is 16.4. The van der Waals surface area contributed by atoms with Crippen LogP contribution in [0.2, 0.25) is 0 Å². The third-order valence-corrected chi connectivity index (χ3v) is 5.88. The first-order valence-electron chi connectivity index (χ1n) is 10.8. The summed E-state index contributed by atoms with van der Waals surface area (Å²) in [5.74, 6) is -1.39. The number of carbonyl (C=O) groups is 2. The van der Waals surface area contributed by atoms with Gasteiger partial charge in [-0.1, -0.05) is 24.3 Å². The Balaban J connectivity index is 1.53. The van der Waals surface area contributed by atoms with Gasteiger partial charge in [-0.25, -0.2) is 4.39 Å². The number of rotatable bonds is 5. The molecule has 3 heterocycles. The maximum Gasteiger partial charge on any atom is 0.258 e. The fourth-order valence-electron chi connectivity index (χ4n) is 4.31. The molecule has 0 spiro atoms. The highest BCUT2D eigenvalue weighted by atomic mass is 19.1. The molecule has 5 rings (SSSR count). The van der Waals surface area contributed by atoms with Gasteiger partial charge in [-0.15, -0.1) is 0 Å². The number of amides is 2. The maximum atomic E-state index is 13.4. The molecule has 1 aliphatic rings. The fourth-order valence-corrected chi connectivity index (χ4v) is 4.31. The summed E-state index contributed by atoms with van der Waals surface area (Å²) in [4.78, 5) is 36.8. The Morgan fingerprint density at radius 3 is 2.71 bits per heavy atom. The summed E-state index contributed by atoms with van der Waals surface area (Å²) < 4.78 is 13.3. The van der Waals surface area contributed by atoms with Crippen molar-refractivity contribution in [3.63, 3.8) is 0 Å². The third kappa shape index (κ3) is 3.83. The summed E-state index contributed by atoms with van der Waals surface area (Å²) in [7, 11) is 0. The molecular weight excluding hydrogens is 435 g/mol. The van der Waals surface area contributed by atoms with Crippen molar-refractivity contribution >= 4 is 22.7 Å². The molecule has 0 radical (unpaired) electrons. The minimum absolute atomic E-state index is 0.0761. The van der Waals surface area contributed by atoms with E-state index in [1.807, 2.05) is 25.1 Å². The molecule has 0 atom stereocenters. The number of aromatic hydroxyl groups is 1. The normalized spacial score (nSPS) is 12.8. The summed E-state index contributed by atoms with van der Waals surface area (Å²) in [6.45, 7) is 2.44. The number of aryl methyl sites for hydroxylation is 1. The van der Waals surface area contributed by atoms with Gasteiger partial charge in [0.1, 0.15) is 11.3 Å². The largest absolute Gasteiger partial charge is 0.505 e. The number of aromatic nitrogens is 2. The van der Waals surface area contributed by atoms with Crippen molar-refractivity contribution in [2.75, 3.05) is 0 Å². The number of fused-ring (bicyclic) bond motifs is 2.